The molecule has 0 aliphatic heterocycles. The zero-order valence-corrected chi connectivity index (χ0v) is 4.61. The molecule has 0 amide bonds. The number of carbonyl (C=O) groups is 1. The summed E-state index contributed by atoms with van der Waals surface area (Å²) in [5.74, 6) is -0.626. The maximum atomic E-state index is 10.7. The highest BCUT2D eigenvalue weighted by molar-refractivity contribution is 5.53. The summed E-state index contributed by atoms with van der Waals surface area (Å²) in [7, 11) is 0. The van der Waals surface area contributed by atoms with Crippen LogP contribution in [0, 0.1) is 5.92 Å². The Morgan fingerprint density at radius 2 is 2.50 bits per heavy atom. The molecule has 1 fully saturated rings. The lowest BCUT2D eigenvalue weighted by Crippen LogP contribution is -2.06. The summed E-state index contributed by atoms with van der Waals surface area (Å²) in [5, 5.41) is 0. The molecule has 0 aromatic carbocycles. The highest BCUT2D eigenvalue weighted by atomic mass is 16.1. The van der Waals surface area contributed by atoms with Gasteiger partial charge >= 0.3 is 0 Å². The highest BCUT2D eigenvalue weighted by Crippen LogP contribution is 2.21. The smallest absolute Gasteiger partial charge is 0.123 e. The second-order valence-corrected chi connectivity index (χ2v) is 1.91. The third-order valence-electron chi connectivity index (χ3n) is 1.26. The van der Waals surface area contributed by atoms with Crippen LogP contribution >= 0.6 is 0 Å². The predicted molar refractivity (Wildman–Crippen MR) is 32.6 cm³/mol. The fourth-order valence-corrected chi connectivity index (χ4v) is 0.733. The van der Waals surface area contributed by atoms with Crippen molar-refractivity contribution in [2.75, 3.05) is 0 Å². The second kappa shape index (κ2) is 2.85. The average molecular weight is 117 g/mol. The Bertz CT molecular complexity index is 225. The van der Waals surface area contributed by atoms with Crippen molar-refractivity contribution < 1.29 is 11.6 Å². The summed E-state index contributed by atoms with van der Waals surface area (Å²) >= 11 is 0. The first-order valence-corrected chi connectivity index (χ1v) is 2.77. The molecule has 1 saturated carbocycles. The van der Waals surface area contributed by atoms with Crippen LogP contribution in [0.5, 0.6) is 0 Å². The van der Waals surface area contributed by atoms with Crippen LogP contribution < -0.4 is 0 Å². The lowest BCUT2D eigenvalue weighted by Gasteiger charge is -2.14. The van der Waals surface area contributed by atoms with Gasteiger partial charge in [0.2, 0.25) is 0 Å². The fraction of sp³-hybridized carbons (Fsp3) is 0.857. The van der Waals surface area contributed by atoms with Crippen molar-refractivity contribution >= 4 is 6.26 Å². The molecule has 1 atom stereocenters. The fourth-order valence-electron chi connectivity index (χ4n) is 0.733. The minimum Gasteiger partial charge on any atom is -0.303 e. The van der Waals surface area contributed by atoms with Gasteiger partial charge in [-0.1, -0.05) is 19.2 Å². The van der Waals surface area contributed by atoms with E-state index in [4.69, 9.17) is 6.85 Å². The lowest BCUT2D eigenvalue weighted by molar-refractivity contribution is -0.111. The average Bonchev–Trinajstić information content (AvgIpc) is 1.94. The molecule has 0 heterocycles. The molecular formula is C7H12O. The number of hydrogen-bond acceptors (Lipinski definition) is 1. The predicted octanol–water partition coefficient (Wildman–Crippen LogP) is 1.77. The molecule has 0 aromatic rings. The number of rotatable bonds is 1. The first-order valence-electron chi connectivity index (χ1n) is 5.27. The van der Waals surface area contributed by atoms with Crippen LogP contribution in [0.25, 0.3) is 0 Å². The summed E-state index contributed by atoms with van der Waals surface area (Å²) in [5.41, 5.74) is 0. The topological polar surface area (TPSA) is 17.1 Å². The second-order valence-electron chi connectivity index (χ2n) is 1.91. The molecule has 0 N–H and O–H groups in total. The zero-order chi connectivity index (χ0) is 10.3. The Morgan fingerprint density at radius 1 is 1.62 bits per heavy atom. The summed E-state index contributed by atoms with van der Waals surface area (Å²) < 4.78 is 36.4. The summed E-state index contributed by atoms with van der Waals surface area (Å²) in [6, 6.07) is 0. The van der Waals surface area contributed by atoms with E-state index in [1.54, 1.807) is 0 Å². The van der Waals surface area contributed by atoms with Gasteiger partial charge in [-0.05, 0) is 12.8 Å². The Hall–Kier alpha value is -0.330. The molecule has 8 heavy (non-hydrogen) atoms. The molecule has 1 aliphatic rings. The summed E-state index contributed by atoms with van der Waals surface area (Å²) in [6.07, 6.45) is -4.47. The van der Waals surface area contributed by atoms with Crippen molar-refractivity contribution in [3.8, 4) is 0 Å². The van der Waals surface area contributed by atoms with Gasteiger partial charge in [-0.2, -0.15) is 0 Å². The SMILES string of the molecule is [2H]C(=O)C1CCC([2H])([2H])C([2H])([2H])C1. The van der Waals surface area contributed by atoms with Crippen molar-refractivity contribution in [2.24, 2.45) is 5.92 Å². The van der Waals surface area contributed by atoms with E-state index in [-0.39, 0.29) is 19.3 Å². The van der Waals surface area contributed by atoms with Gasteiger partial charge in [-0.25, -0.2) is 0 Å². The van der Waals surface area contributed by atoms with Gasteiger partial charge in [-0.3, -0.25) is 0 Å². The monoisotopic (exact) mass is 117 g/mol. The number of hydrogen-bond donors (Lipinski definition) is 0. The van der Waals surface area contributed by atoms with E-state index in [0.29, 0.717) is 0 Å². The number of carbonyl (C=O) groups excluding carboxylic acids is 1. The quantitative estimate of drug-likeness (QED) is 0.478. The molecular weight excluding hydrogens is 100 g/mol. The van der Waals surface area contributed by atoms with E-state index in [1.165, 1.54) is 0 Å². The van der Waals surface area contributed by atoms with E-state index in [0.717, 1.165) is 0 Å². The number of aldehydes is 1. The molecule has 0 radical (unpaired) electrons. The molecule has 1 rings (SSSR count). The van der Waals surface area contributed by atoms with Crippen molar-refractivity contribution in [3.05, 3.63) is 0 Å². The minimum absolute atomic E-state index is 0.0231. The van der Waals surface area contributed by atoms with Crippen molar-refractivity contribution in [1.29, 1.82) is 0 Å². The van der Waals surface area contributed by atoms with E-state index in [2.05, 4.69) is 0 Å². The standard InChI is InChI=1S/C7H12O/c8-6-7-4-2-1-3-5-7/h6-7H,1-5H2/i1D2,2D2,6D. The first-order chi connectivity index (χ1) is 5.76. The summed E-state index contributed by atoms with van der Waals surface area (Å²) in [4.78, 5) is 10.7. The highest BCUT2D eigenvalue weighted by Gasteiger charge is 2.10. The maximum Gasteiger partial charge on any atom is 0.123 e. The van der Waals surface area contributed by atoms with Gasteiger partial charge < -0.3 is 4.79 Å². The van der Waals surface area contributed by atoms with Crippen molar-refractivity contribution in [2.45, 2.75) is 32.0 Å². The molecule has 0 bridgehead atoms. The molecule has 0 aromatic heterocycles. The maximum absolute atomic E-state index is 10.7. The molecule has 1 heteroatoms. The van der Waals surface area contributed by atoms with Gasteiger partial charge in [-0.15, -0.1) is 0 Å². The van der Waals surface area contributed by atoms with Crippen LogP contribution in [0.3, 0.4) is 0 Å². The van der Waals surface area contributed by atoms with Crippen LogP contribution in [0.2, 0.25) is 0 Å². The Labute approximate surface area is 57.1 Å². The third-order valence-corrected chi connectivity index (χ3v) is 1.26. The van der Waals surface area contributed by atoms with Gasteiger partial charge in [0.05, 0.1) is 0 Å². The van der Waals surface area contributed by atoms with Crippen LogP contribution in [-0.2, 0) is 4.79 Å². The Morgan fingerprint density at radius 3 is 3.12 bits per heavy atom. The third kappa shape index (κ3) is 1.32. The van der Waals surface area contributed by atoms with Crippen molar-refractivity contribution in [1.82, 2.24) is 0 Å². The molecule has 0 saturated heterocycles. The lowest BCUT2D eigenvalue weighted by atomic mass is 9.91. The molecule has 1 nitrogen and oxygen atoms in total. The van der Waals surface area contributed by atoms with Crippen LogP contribution in [0.1, 0.15) is 38.9 Å². The molecule has 46 valence electrons. The van der Waals surface area contributed by atoms with E-state index >= 15 is 0 Å². The first kappa shape index (κ1) is 2.13. The minimum atomic E-state index is -1.98. The molecule has 1 aliphatic carbocycles. The van der Waals surface area contributed by atoms with Crippen LogP contribution in [0.4, 0.5) is 0 Å². The van der Waals surface area contributed by atoms with E-state index in [9.17, 15) is 4.79 Å². The zero-order valence-electron chi connectivity index (χ0n) is 9.61. The van der Waals surface area contributed by atoms with Gasteiger partial charge in [0.1, 0.15) is 7.63 Å². The largest absolute Gasteiger partial charge is 0.303 e. The Kier molecular flexibility index (Phi) is 0.758. The van der Waals surface area contributed by atoms with E-state index < -0.39 is 24.9 Å². The van der Waals surface area contributed by atoms with Gasteiger partial charge in [0.15, 0.2) is 0 Å². The van der Waals surface area contributed by atoms with Gasteiger partial charge in [0.25, 0.3) is 0 Å². The van der Waals surface area contributed by atoms with Crippen LogP contribution in [-0.4, -0.2) is 6.26 Å². The molecule has 0 spiro atoms. The Balaban J connectivity index is 2.76. The van der Waals surface area contributed by atoms with E-state index in [1.807, 2.05) is 0 Å². The van der Waals surface area contributed by atoms with Crippen molar-refractivity contribution in [3.63, 3.8) is 0 Å². The molecule has 1 unspecified atom stereocenters. The van der Waals surface area contributed by atoms with Crippen LogP contribution in [0.15, 0.2) is 0 Å². The van der Waals surface area contributed by atoms with Gasteiger partial charge in [0, 0.05) is 11.4 Å². The normalized spacial score (nSPS) is 51.5. The summed E-state index contributed by atoms with van der Waals surface area (Å²) in [6.45, 7) is 0.